The second-order valence-electron chi connectivity index (χ2n) is 4.05. The van der Waals surface area contributed by atoms with Crippen LogP contribution in [-0.4, -0.2) is 0 Å². The van der Waals surface area contributed by atoms with Crippen molar-refractivity contribution < 1.29 is 0 Å². The molecule has 3 rings (SSSR count). The number of hydrogen-bond donors (Lipinski definition) is 0. The summed E-state index contributed by atoms with van der Waals surface area (Å²) in [5.41, 5.74) is 8.06. The Bertz CT molecular complexity index is 624. The number of hydrogen-bond acceptors (Lipinski definition) is 0. The number of benzene rings is 2. The molecular formula is C19H18. The lowest BCUT2D eigenvalue weighted by atomic mass is 9.99. The number of rotatable bonds is 2. The van der Waals surface area contributed by atoms with E-state index in [-0.39, 0.29) is 0 Å². The topological polar surface area (TPSA) is 0 Å². The highest BCUT2D eigenvalue weighted by Crippen LogP contribution is 2.25. The summed E-state index contributed by atoms with van der Waals surface area (Å²) in [4.78, 5) is 0. The van der Waals surface area contributed by atoms with Gasteiger partial charge >= 0.3 is 0 Å². The van der Waals surface area contributed by atoms with Crippen molar-refractivity contribution in [1.29, 1.82) is 0 Å². The van der Waals surface area contributed by atoms with Crippen molar-refractivity contribution in [3.05, 3.63) is 84.1 Å². The van der Waals surface area contributed by atoms with Gasteiger partial charge in [0.1, 0.15) is 0 Å². The maximum atomic E-state index is 3.09. The first-order chi connectivity index (χ1) is 9.43. The van der Waals surface area contributed by atoms with Gasteiger partial charge in [-0.1, -0.05) is 62.4 Å². The smallest absolute Gasteiger partial charge is 0.0100 e. The fourth-order valence-corrected chi connectivity index (χ4v) is 2.01. The third-order valence-electron chi connectivity index (χ3n) is 2.90. The molecule has 0 aromatic heterocycles. The summed E-state index contributed by atoms with van der Waals surface area (Å²) >= 11 is 0. The molecule has 0 nitrogen and oxygen atoms in total. The molecular weight excluding hydrogens is 228 g/mol. The first-order valence-electron chi connectivity index (χ1n) is 6.72. The summed E-state index contributed by atoms with van der Waals surface area (Å²) in [6.45, 7) is 4.00. The van der Waals surface area contributed by atoms with Crippen molar-refractivity contribution >= 4 is 5.57 Å². The van der Waals surface area contributed by atoms with E-state index in [0.717, 1.165) is 0 Å². The zero-order chi connectivity index (χ0) is 13.5. The molecule has 0 heteroatoms. The first-order valence-corrected chi connectivity index (χ1v) is 6.72. The minimum absolute atomic E-state index is 1.22. The molecule has 0 heterocycles. The van der Waals surface area contributed by atoms with Crippen LogP contribution in [0.4, 0.5) is 0 Å². The van der Waals surface area contributed by atoms with Crippen LogP contribution in [0.1, 0.15) is 19.4 Å². The van der Waals surface area contributed by atoms with Crippen molar-refractivity contribution in [2.24, 2.45) is 0 Å². The fraction of sp³-hybridized carbons (Fsp3) is 0.105. The summed E-state index contributed by atoms with van der Waals surface area (Å²) in [6, 6.07) is 19.0. The quantitative estimate of drug-likeness (QED) is 0.615. The van der Waals surface area contributed by atoms with Gasteiger partial charge in [-0.25, -0.2) is 0 Å². The highest BCUT2D eigenvalue weighted by Gasteiger charge is 2.02. The molecule has 94 valence electrons. The van der Waals surface area contributed by atoms with Crippen LogP contribution in [0.25, 0.3) is 16.7 Å². The Hall–Kier alpha value is -2.30. The third-order valence-corrected chi connectivity index (χ3v) is 2.90. The Morgan fingerprint density at radius 1 is 0.737 bits per heavy atom. The molecule has 0 N–H and O–H groups in total. The summed E-state index contributed by atoms with van der Waals surface area (Å²) in [5.74, 6) is 0. The van der Waals surface area contributed by atoms with Crippen LogP contribution < -0.4 is 0 Å². The van der Waals surface area contributed by atoms with Crippen LogP contribution in [0.15, 0.2) is 78.6 Å². The molecule has 0 atom stereocenters. The first kappa shape index (κ1) is 13.1. The highest BCUT2D eigenvalue weighted by molar-refractivity contribution is 5.80. The van der Waals surface area contributed by atoms with Crippen molar-refractivity contribution in [3.8, 4) is 11.1 Å². The minimum Gasteiger partial charge on any atom is -0.120 e. The standard InChI is InChI=1S/C17H12.C2H6/c1-2-7-14(8-3-1)16-11-6-12-17(13-16)15-9-4-5-10-15;1-2/h1-4,6-13H;1-2H3. The van der Waals surface area contributed by atoms with Crippen LogP contribution in [0, 0.1) is 0 Å². The molecule has 0 saturated carbocycles. The normalized spacial score (nSPS) is 11.8. The summed E-state index contributed by atoms with van der Waals surface area (Å²) in [6.07, 6.45) is 6.05. The molecule has 2 aromatic carbocycles. The second-order valence-corrected chi connectivity index (χ2v) is 4.05. The van der Waals surface area contributed by atoms with E-state index in [1.165, 1.54) is 22.3 Å². The van der Waals surface area contributed by atoms with Crippen LogP contribution in [-0.2, 0) is 0 Å². The summed E-state index contributed by atoms with van der Waals surface area (Å²) < 4.78 is 0. The van der Waals surface area contributed by atoms with Crippen molar-refractivity contribution in [3.63, 3.8) is 0 Å². The molecule has 0 bridgehead atoms. The molecule has 0 fully saturated rings. The van der Waals surface area contributed by atoms with E-state index in [1.807, 2.05) is 32.1 Å². The Morgan fingerprint density at radius 2 is 1.42 bits per heavy atom. The molecule has 0 saturated heterocycles. The maximum absolute atomic E-state index is 3.09. The van der Waals surface area contributed by atoms with Crippen LogP contribution in [0.3, 0.4) is 0 Å². The molecule has 0 amide bonds. The van der Waals surface area contributed by atoms with Gasteiger partial charge in [-0.2, -0.15) is 0 Å². The highest BCUT2D eigenvalue weighted by atomic mass is 14.1. The van der Waals surface area contributed by atoms with Crippen molar-refractivity contribution in [2.45, 2.75) is 13.8 Å². The second kappa shape index (κ2) is 6.58. The van der Waals surface area contributed by atoms with Crippen LogP contribution in [0.2, 0.25) is 0 Å². The van der Waals surface area contributed by atoms with Gasteiger partial charge in [0, 0.05) is 0 Å². The largest absolute Gasteiger partial charge is 0.120 e. The average molecular weight is 246 g/mol. The average Bonchev–Trinajstić information content (AvgIpc) is 3.05. The zero-order valence-electron chi connectivity index (χ0n) is 11.4. The van der Waals surface area contributed by atoms with Gasteiger partial charge in [0.05, 0.1) is 0 Å². The molecule has 19 heavy (non-hydrogen) atoms. The monoisotopic (exact) mass is 246 g/mol. The van der Waals surface area contributed by atoms with Gasteiger partial charge in [0.2, 0.25) is 0 Å². The molecule has 0 aliphatic heterocycles. The fourth-order valence-electron chi connectivity index (χ4n) is 2.01. The van der Waals surface area contributed by atoms with E-state index < -0.39 is 0 Å². The Labute approximate surface area is 115 Å². The molecule has 0 radical (unpaired) electrons. The van der Waals surface area contributed by atoms with Crippen molar-refractivity contribution in [2.75, 3.05) is 0 Å². The maximum Gasteiger partial charge on any atom is -0.0100 e. The Morgan fingerprint density at radius 3 is 2.11 bits per heavy atom. The predicted octanol–water partition coefficient (Wildman–Crippen LogP) is 5.49. The lowest BCUT2D eigenvalue weighted by Crippen LogP contribution is -1.82. The van der Waals surface area contributed by atoms with E-state index >= 15 is 0 Å². The van der Waals surface area contributed by atoms with Gasteiger partial charge in [0.25, 0.3) is 0 Å². The molecule has 1 aliphatic rings. The van der Waals surface area contributed by atoms with Gasteiger partial charge in [-0.05, 0) is 46.6 Å². The third kappa shape index (κ3) is 3.13. The molecule has 0 unspecified atom stereocenters. The van der Waals surface area contributed by atoms with Gasteiger partial charge in [-0.3, -0.25) is 0 Å². The van der Waals surface area contributed by atoms with E-state index in [0.29, 0.717) is 0 Å². The lowest BCUT2D eigenvalue weighted by molar-refractivity contribution is 1.50. The van der Waals surface area contributed by atoms with Crippen LogP contribution in [0.5, 0.6) is 0 Å². The van der Waals surface area contributed by atoms with Gasteiger partial charge in [0.15, 0.2) is 0 Å². The van der Waals surface area contributed by atoms with E-state index in [1.54, 1.807) is 0 Å². The van der Waals surface area contributed by atoms with E-state index in [2.05, 4.69) is 60.3 Å². The van der Waals surface area contributed by atoms with E-state index in [9.17, 15) is 0 Å². The zero-order valence-corrected chi connectivity index (χ0v) is 11.4. The lowest BCUT2D eigenvalue weighted by Gasteiger charge is -2.05. The summed E-state index contributed by atoms with van der Waals surface area (Å²) in [5, 5.41) is 0. The Balaban J connectivity index is 0.000000637. The molecule has 2 aromatic rings. The van der Waals surface area contributed by atoms with E-state index in [4.69, 9.17) is 0 Å². The van der Waals surface area contributed by atoms with Gasteiger partial charge in [-0.15, -0.1) is 5.73 Å². The molecule has 1 aliphatic carbocycles. The number of allylic oxidation sites excluding steroid dienone is 3. The minimum atomic E-state index is 1.22. The van der Waals surface area contributed by atoms with Crippen molar-refractivity contribution in [1.82, 2.24) is 0 Å². The van der Waals surface area contributed by atoms with Crippen LogP contribution >= 0.6 is 0 Å². The summed E-state index contributed by atoms with van der Waals surface area (Å²) in [7, 11) is 0. The Kier molecular flexibility index (Phi) is 4.55. The predicted molar refractivity (Wildman–Crippen MR) is 83.9 cm³/mol. The SMILES string of the molecule is C1=CC=C(c2cccc(-c3ccccc3)c2)C=1.CC. The van der Waals surface area contributed by atoms with Gasteiger partial charge < -0.3 is 0 Å². The molecule has 0 spiro atoms.